The molecule has 2 aliphatic rings. The molecule has 9 heteroatoms. The van der Waals surface area contributed by atoms with Crippen LogP contribution in [0.1, 0.15) is 46.3 Å². The van der Waals surface area contributed by atoms with E-state index >= 15 is 0 Å². The van der Waals surface area contributed by atoms with Crippen molar-refractivity contribution in [2.24, 2.45) is 0 Å². The summed E-state index contributed by atoms with van der Waals surface area (Å²) in [5.41, 5.74) is 1.67. The van der Waals surface area contributed by atoms with E-state index in [9.17, 15) is 18.5 Å². The quantitative estimate of drug-likeness (QED) is 0.566. The molecule has 0 radical (unpaired) electrons. The minimum Gasteiger partial charge on any atom is -0.456 e. The van der Waals surface area contributed by atoms with Crippen molar-refractivity contribution in [1.29, 1.82) is 5.26 Å². The van der Waals surface area contributed by atoms with Crippen LogP contribution >= 0.6 is 0 Å². The lowest BCUT2D eigenvalue weighted by Gasteiger charge is -2.19. The Labute approximate surface area is 185 Å². The molecule has 0 aliphatic carbocycles. The number of fused-ring (bicyclic) bond motifs is 5. The van der Waals surface area contributed by atoms with E-state index in [-0.39, 0.29) is 35.6 Å². The molecule has 1 aromatic heterocycles. The number of hydrogen-bond acceptors (Lipinski definition) is 6. The fourth-order valence-corrected chi connectivity index (χ4v) is 5.61. The van der Waals surface area contributed by atoms with Gasteiger partial charge in [0.05, 0.1) is 28.5 Å². The number of amides is 1. The van der Waals surface area contributed by atoms with Crippen LogP contribution in [0.3, 0.4) is 0 Å². The summed E-state index contributed by atoms with van der Waals surface area (Å²) in [5, 5.41) is 12.4. The number of nitriles is 1. The van der Waals surface area contributed by atoms with Gasteiger partial charge in [-0.3, -0.25) is 4.79 Å². The van der Waals surface area contributed by atoms with E-state index in [1.165, 1.54) is 12.1 Å². The van der Waals surface area contributed by atoms with Crippen LogP contribution in [0.5, 0.6) is 11.5 Å². The molecule has 3 aromatic rings. The predicted molar refractivity (Wildman–Crippen MR) is 115 cm³/mol. The monoisotopic (exact) mass is 448 g/mol. The fraction of sp³-hybridized carbons (Fsp3) is 0.261. The van der Waals surface area contributed by atoms with Crippen molar-refractivity contribution in [1.82, 2.24) is 14.9 Å². The van der Waals surface area contributed by atoms with Crippen LogP contribution in [0, 0.1) is 11.3 Å². The summed E-state index contributed by atoms with van der Waals surface area (Å²) >= 11 is 0. The number of imidazole rings is 1. The first-order valence-corrected chi connectivity index (χ1v) is 12.0. The van der Waals surface area contributed by atoms with Crippen molar-refractivity contribution >= 4 is 15.7 Å². The van der Waals surface area contributed by atoms with Gasteiger partial charge in [-0.1, -0.05) is 12.1 Å². The van der Waals surface area contributed by atoms with Crippen LogP contribution in [-0.4, -0.2) is 36.2 Å². The molecule has 2 aliphatic heterocycles. The standard InChI is InChI=1S/C23H20N4O4S/c24-13-16-6-5-15-11-21(16)31-17-3-1-4-18(12-17)32(29,30)10-2-9-25-23(28)20-14-26-22-8-7-19(15)27(20)22/h1,3-6,11-12,14,19H,2,7-10H2,(H,25,28). The number of ether oxygens (including phenoxy) is 1. The molecule has 1 atom stereocenters. The summed E-state index contributed by atoms with van der Waals surface area (Å²) in [6, 6.07) is 13.6. The molecule has 5 rings (SSSR count). The first-order valence-electron chi connectivity index (χ1n) is 10.4. The number of nitrogens with one attached hydrogen (secondary N) is 1. The smallest absolute Gasteiger partial charge is 0.269 e. The maximum atomic E-state index is 12.8. The van der Waals surface area contributed by atoms with E-state index < -0.39 is 9.84 Å². The molecular formula is C23H20N4O4S. The van der Waals surface area contributed by atoms with Gasteiger partial charge in [0.2, 0.25) is 0 Å². The molecule has 2 aromatic carbocycles. The molecule has 1 amide bonds. The molecule has 3 heterocycles. The highest BCUT2D eigenvalue weighted by Crippen LogP contribution is 2.36. The number of benzene rings is 2. The highest BCUT2D eigenvalue weighted by molar-refractivity contribution is 7.91. The van der Waals surface area contributed by atoms with Crippen LogP contribution in [-0.2, 0) is 16.3 Å². The number of hydrogen-bond donors (Lipinski definition) is 1. The van der Waals surface area contributed by atoms with Gasteiger partial charge in [0.15, 0.2) is 9.84 Å². The van der Waals surface area contributed by atoms with E-state index in [4.69, 9.17) is 4.74 Å². The SMILES string of the molecule is N#Cc1ccc2cc1Oc1cccc(c1)S(=O)(=O)CCCNC(=O)c1cnc3n1C2CC3. The second-order valence-corrected chi connectivity index (χ2v) is 9.97. The molecule has 32 heavy (non-hydrogen) atoms. The fourth-order valence-electron chi connectivity index (χ4n) is 4.26. The van der Waals surface area contributed by atoms with Crippen LogP contribution in [0.25, 0.3) is 0 Å². The van der Waals surface area contributed by atoms with Gasteiger partial charge in [-0.05, 0) is 48.7 Å². The Kier molecular flexibility index (Phi) is 4.94. The van der Waals surface area contributed by atoms with E-state index in [1.54, 1.807) is 30.5 Å². The van der Waals surface area contributed by atoms with Gasteiger partial charge in [-0.2, -0.15) is 5.26 Å². The van der Waals surface area contributed by atoms with Gasteiger partial charge in [-0.25, -0.2) is 13.4 Å². The highest BCUT2D eigenvalue weighted by Gasteiger charge is 2.30. The topological polar surface area (TPSA) is 114 Å². The first-order chi connectivity index (χ1) is 15.5. The minimum atomic E-state index is -3.56. The zero-order chi connectivity index (χ0) is 22.3. The van der Waals surface area contributed by atoms with E-state index in [2.05, 4.69) is 16.4 Å². The number of rotatable bonds is 0. The van der Waals surface area contributed by atoms with Crippen molar-refractivity contribution in [3.05, 3.63) is 71.3 Å². The summed E-state index contributed by atoms with van der Waals surface area (Å²) in [5.74, 6) is 1.11. The Morgan fingerprint density at radius 2 is 2.09 bits per heavy atom. The number of carbonyl (C=O) groups is 1. The average molecular weight is 449 g/mol. The second-order valence-electron chi connectivity index (χ2n) is 7.86. The molecule has 162 valence electrons. The van der Waals surface area contributed by atoms with Crippen LogP contribution in [0.15, 0.2) is 53.6 Å². The van der Waals surface area contributed by atoms with Gasteiger partial charge in [0, 0.05) is 13.0 Å². The summed E-state index contributed by atoms with van der Waals surface area (Å²) in [4.78, 5) is 17.4. The predicted octanol–water partition coefficient (Wildman–Crippen LogP) is 2.99. The third kappa shape index (κ3) is 3.52. The van der Waals surface area contributed by atoms with Crippen molar-refractivity contribution in [2.45, 2.75) is 30.2 Å². The largest absolute Gasteiger partial charge is 0.456 e. The number of sulfone groups is 1. The molecule has 0 saturated carbocycles. The second kappa shape index (κ2) is 7.80. The van der Waals surface area contributed by atoms with Crippen molar-refractivity contribution in [3.8, 4) is 17.6 Å². The Morgan fingerprint density at radius 1 is 1.22 bits per heavy atom. The first kappa shape index (κ1) is 20.3. The van der Waals surface area contributed by atoms with Gasteiger partial charge < -0.3 is 14.6 Å². The van der Waals surface area contributed by atoms with Gasteiger partial charge >= 0.3 is 0 Å². The van der Waals surface area contributed by atoms with E-state index in [0.717, 1.165) is 24.2 Å². The molecule has 0 spiro atoms. The third-order valence-electron chi connectivity index (χ3n) is 5.84. The van der Waals surface area contributed by atoms with Crippen LogP contribution in [0.4, 0.5) is 0 Å². The molecule has 1 N–H and O–H groups in total. The number of nitrogens with zero attached hydrogens (tertiary/aromatic N) is 3. The van der Waals surface area contributed by atoms with Crippen molar-refractivity contribution < 1.29 is 17.9 Å². The number of aryl methyl sites for hydroxylation is 1. The minimum absolute atomic E-state index is 0.108. The molecule has 1 unspecified atom stereocenters. The summed E-state index contributed by atoms with van der Waals surface area (Å²) in [7, 11) is -3.56. The zero-order valence-corrected chi connectivity index (χ0v) is 17.9. The lowest BCUT2D eigenvalue weighted by molar-refractivity contribution is 0.0943. The Balaban J connectivity index is 1.64. The third-order valence-corrected chi connectivity index (χ3v) is 7.64. The van der Waals surface area contributed by atoms with Crippen LogP contribution in [0.2, 0.25) is 0 Å². The molecular weight excluding hydrogens is 428 g/mol. The van der Waals surface area contributed by atoms with Crippen LogP contribution < -0.4 is 10.1 Å². The average Bonchev–Trinajstić information content (AvgIpc) is 3.39. The zero-order valence-electron chi connectivity index (χ0n) is 17.1. The maximum absolute atomic E-state index is 12.8. The van der Waals surface area contributed by atoms with Crippen molar-refractivity contribution in [2.75, 3.05) is 12.3 Å². The van der Waals surface area contributed by atoms with E-state index in [1.807, 2.05) is 10.6 Å². The normalized spacial score (nSPS) is 19.3. The number of carbonyl (C=O) groups excluding carboxylic acids is 1. The number of aromatic nitrogens is 2. The molecule has 0 fully saturated rings. The molecule has 4 bridgehead atoms. The Morgan fingerprint density at radius 3 is 2.94 bits per heavy atom. The van der Waals surface area contributed by atoms with Crippen molar-refractivity contribution in [3.63, 3.8) is 0 Å². The van der Waals surface area contributed by atoms with Gasteiger partial charge in [0.25, 0.3) is 5.91 Å². The lowest BCUT2D eigenvalue weighted by atomic mass is 10.0. The Bertz CT molecular complexity index is 1370. The van der Waals surface area contributed by atoms with Gasteiger partial charge in [-0.15, -0.1) is 0 Å². The summed E-state index contributed by atoms with van der Waals surface area (Å²) < 4.78 is 33.4. The van der Waals surface area contributed by atoms with Gasteiger partial charge in [0.1, 0.15) is 29.1 Å². The summed E-state index contributed by atoms with van der Waals surface area (Å²) in [6.45, 7) is 0.237. The maximum Gasteiger partial charge on any atom is 0.269 e. The summed E-state index contributed by atoms with van der Waals surface area (Å²) in [6.07, 6.45) is 3.35. The Hall–Kier alpha value is -3.64. The molecule has 0 saturated heterocycles. The highest BCUT2D eigenvalue weighted by atomic mass is 32.2. The molecule has 8 nitrogen and oxygen atoms in total. The van der Waals surface area contributed by atoms with E-state index in [0.29, 0.717) is 22.8 Å². The lowest BCUT2D eigenvalue weighted by Crippen LogP contribution is -2.28.